The first-order valence-electron chi connectivity index (χ1n) is 5.92. The second-order valence-corrected chi connectivity index (χ2v) is 4.29. The number of nitrogens with two attached hydrogens (primary N) is 1. The minimum Gasteiger partial charge on any atom is -0.399 e. The lowest BCUT2D eigenvalue weighted by Gasteiger charge is -2.11. The lowest BCUT2D eigenvalue weighted by molar-refractivity contribution is -0.117. The van der Waals surface area contributed by atoms with Crippen molar-refractivity contribution in [2.45, 2.75) is 26.7 Å². The highest BCUT2D eigenvalue weighted by molar-refractivity contribution is 5.92. The van der Waals surface area contributed by atoms with Gasteiger partial charge in [0.05, 0.1) is 13.0 Å². The summed E-state index contributed by atoms with van der Waals surface area (Å²) >= 11 is 0. The second-order valence-electron chi connectivity index (χ2n) is 4.29. The van der Waals surface area contributed by atoms with Crippen LogP contribution in [0.5, 0.6) is 0 Å². The van der Waals surface area contributed by atoms with Crippen LogP contribution < -0.4 is 11.1 Å². The predicted octanol–water partition coefficient (Wildman–Crippen LogP) is 2.50. The van der Waals surface area contributed by atoms with E-state index >= 15 is 0 Å². The van der Waals surface area contributed by atoms with E-state index in [-0.39, 0.29) is 18.9 Å². The number of nitrogen functional groups attached to an aromatic ring is 1. The number of amides is 1. The monoisotopic (exact) mass is 272 g/mol. The molecular weight excluding hydrogens is 254 g/mol. The molecule has 0 atom stereocenters. The summed E-state index contributed by atoms with van der Waals surface area (Å²) in [6.45, 7) is 3.01. The molecular formula is C13H18F2N2O2. The van der Waals surface area contributed by atoms with Gasteiger partial charge in [0.1, 0.15) is 6.61 Å². The molecule has 6 heteroatoms. The highest BCUT2D eigenvalue weighted by atomic mass is 19.3. The van der Waals surface area contributed by atoms with Gasteiger partial charge in [0.2, 0.25) is 5.91 Å². The summed E-state index contributed by atoms with van der Waals surface area (Å²) in [5.74, 6) is -0.276. The summed E-state index contributed by atoms with van der Waals surface area (Å²) in [6.07, 6.45) is -2.47. The maximum Gasteiger partial charge on any atom is 0.261 e. The van der Waals surface area contributed by atoms with Gasteiger partial charge < -0.3 is 15.8 Å². The lowest BCUT2D eigenvalue weighted by Crippen LogP contribution is -2.16. The van der Waals surface area contributed by atoms with E-state index in [2.05, 4.69) is 10.1 Å². The van der Waals surface area contributed by atoms with E-state index in [0.29, 0.717) is 11.4 Å². The minimum atomic E-state index is -2.51. The number of hydrogen-bond donors (Lipinski definition) is 2. The molecule has 0 bridgehead atoms. The molecule has 19 heavy (non-hydrogen) atoms. The Morgan fingerprint density at radius 1 is 1.37 bits per heavy atom. The van der Waals surface area contributed by atoms with Crippen LogP contribution in [0, 0.1) is 13.8 Å². The zero-order valence-corrected chi connectivity index (χ0v) is 11.0. The molecule has 0 saturated carbocycles. The number of halogens is 2. The Hall–Kier alpha value is -1.69. The molecule has 0 aromatic heterocycles. The quantitative estimate of drug-likeness (QED) is 0.617. The van der Waals surface area contributed by atoms with E-state index in [9.17, 15) is 13.6 Å². The van der Waals surface area contributed by atoms with Gasteiger partial charge in [-0.1, -0.05) is 0 Å². The normalized spacial score (nSPS) is 10.8. The Balaban J connectivity index is 2.46. The average Bonchev–Trinajstić information content (AvgIpc) is 2.31. The number of ether oxygens (including phenoxy) is 1. The summed E-state index contributed by atoms with van der Waals surface area (Å²) < 4.78 is 28.3. The molecule has 1 aromatic rings. The van der Waals surface area contributed by atoms with Crippen LogP contribution in [-0.2, 0) is 9.53 Å². The van der Waals surface area contributed by atoms with Gasteiger partial charge in [0.25, 0.3) is 6.43 Å². The van der Waals surface area contributed by atoms with Gasteiger partial charge in [0, 0.05) is 11.4 Å². The summed E-state index contributed by atoms with van der Waals surface area (Å²) in [5.41, 5.74) is 8.80. The molecule has 3 N–H and O–H groups in total. The van der Waals surface area contributed by atoms with Gasteiger partial charge in [0.15, 0.2) is 0 Å². The zero-order chi connectivity index (χ0) is 14.4. The van der Waals surface area contributed by atoms with Crippen LogP contribution in [0.15, 0.2) is 12.1 Å². The largest absolute Gasteiger partial charge is 0.399 e. The van der Waals surface area contributed by atoms with Crippen molar-refractivity contribution in [3.05, 3.63) is 23.3 Å². The molecule has 0 fully saturated rings. The van der Waals surface area contributed by atoms with Crippen molar-refractivity contribution < 1.29 is 18.3 Å². The number of nitrogens with one attached hydrogen (secondary N) is 1. The number of benzene rings is 1. The fourth-order valence-electron chi connectivity index (χ4n) is 1.52. The van der Waals surface area contributed by atoms with Crippen LogP contribution in [0.25, 0.3) is 0 Å². The van der Waals surface area contributed by atoms with Crippen molar-refractivity contribution in [3.63, 3.8) is 0 Å². The van der Waals surface area contributed by atoms with Crippen LogP contribution in [0.1, 0.15) is 17.5 Å². The van der Waals surface area contributed by atoms with Gasteiger partial charge >= 0.3 is 0 Å². The Kier molecular flexibility index (Phi) is 5.69. The summed E-state index contributed by atoms with van der Waals surface area (Å²) in [5, 5.41) is 2.70. The molecule has 0 aliphatic rings. The topological polar surface area (TPSA) is 64.3 Å². The minimum absolute atomic E-state index is 0.0246. The number of carbonyl (C=O) groups excluding carboxylic acids is 1. The van der Waals surface area contributed by atoms with Crippen molar-refractivity contribution in [1.82, 2.24) is 0 Å². The molecule has 1 aromatic carbocycles. The van der Waals surface area contributed by atoms with Gasteiger partial charge in [-0.25, -0.2) is 8.78 Å². The van der Waals surface area contributed by atoms with Crippen LogP contribution in [-0.4, -0.2) is 25.5 Å². The van der Waals surface area contributed by atoms with Crippen molar-refractivity contribution in [2.24, 2.45) is 0 Å². The molecule has 0 saturated heterocycles. The van der Waals surface area contributed by atoms with Gasteiger partial charge in [-0.3, -0.25) is 4.79 Å². The molecule has 0 spiro atoms. The average molecular weight is 272 g/mol. The SMILES string of the molecule is Cc1cc(NC(=O)CCOCC(F)F)c(C)cc1N. The van der Waals surface area contributed by atoms with E-state index in [0.717, 1.165) is 11.1 Å². The molecule has 0 aliphatic heterocycles. The standard InChI is InChI=1S/C13H18F2N2O2/c1-8-6-11(9(2)5-10(8)16)17-13(18)3-4-19-7-12(14)15/h5-6,12H,3-4,7,16H2,1-2H3,(H,17,18). The van der Waals surface area contributed by atoms with Crippen LogP contribution >= 0.6 is 0 Å². The maximum atomic E-state index is 11.8. The van der Waals surface area contributed by atoms with Crippen LogP contribution in [0.4, 0.5) is 20.2 Å². The van der Waals surface area contributed by atoms with E-state index in [1.165, 1.54) is 0 Å². The number of anilines is 2. The maximum absolute atomic E-state index is 11.8. The Morgan fingerprint density at radius 3 is 2.68 bits per heavy atom. The fourth-order valence-corrected chi connectivity index (χ4v) is 1.52. The molecule has 0 heterocycles. The summed E-state index contributed by atoms with van der Waals surface area (Å²) in [4.78, 5) is 11.6. The Bertz CT molecular complexity index is 451. The van der Waals surface area contributed by atoms with Crippen LogP contribution in [0.2, 0.25) is 0 Å². The van der Waals surface area contributed by atoms with Gasteiger partial charge in [-0.05, 0) is 37.1 Å². The van der Waals surface area contributed by atoms with Crippen LogP contribution in [0.3, 0.4) is 0 Å². The molecule has 0 aliphatic carbocycles. The molecule has 4 nitrogen and oxygen atoms in total. The lowest BCUT2D eigenvalue weighted by atomic mass is 10.1. The fraction of sp³-hybridized carbons (Fsp3) is 0.462. The van der Waals surface area contributed by atoms with E-state index in [1.54, 1.807) is 12.1 Å². The number of carbonyl (C=O) groups is 1. The highest BCUT2D eigenvalue weighted by Gasteiger charge is 2.08. The van der Waals surface area contributed by atoms with E-state index < -0.39 is 13.0 Å². The van der Waals surface area contributed by atoms with Crippen molar-refractivity contribution >= 4 is 17.3 Å². The van der Waals surface area contributed by atoms with Gasteiger partial charge in [-0.2, -0.15) is 0 Å². The molecule has 0 unspecified atom stereocenters. The zero-order valence-electron chi connectivity index (χ0n) is 11.0. The van der Waals surface area contributed by atoms with Crippen molar-refractivity contribution in [3.8, 4) is 0 Å². The molecule has 0 radical (unpaired) electrons. The summed E-state index contributed by atoms with van der Waals surface area (Å²) in [6, 6.07) is 3.56. The molecule has 1 amide bonds. The number of alkyl halides is 2. The first-order chi connectivity index (χ1) is 8.90. The molecule has 1 rings (SSSR count). The van der Waals surface area contributed by atoms with Crippen molar-refractivity contribution in [2.75, 3.05) is 24.3 Å². The number of hydrogen-bond acceptors (Lipinski definition) is 3. The number of aryl methyl sites for hydroxylation is 2. The molecule has 106 valence electrons. The second kappa shape index (κ2) is 7.04. The van der Waals surface area contributed by atoms with E-state index in [1.807, 2.05) is 13.8 Å². The summed E-state index contributed by atoms with van der Waals surface area (Å²) in [7, 11) is 0. The van der Waals surface area contributed by atoms with Gasteiger partial charge in [-0.15, -0.1) is 0 Å². The first kappa shape index (κ1) is 15.4. The van der Waals surface area contributed by atoms with Crippen molar-refractivity contribution in [1.29, 1.82) is 0 Å². The van der Waals surface area contributed by atoms with E-state index in [4.69, 9.17) is 5.73 Å². The third-order valence-electron chi connectivity index (χ3n) is 2.60. The number of rotatable bonds is 6. The Morgan fingerprint density at radius 2 is 2.05 bits per heavy atom. The third kappa shape index (κ3) is 5.21. The highest BCUT2D eigenvalue weighted by Crippen LogP contribution is 2.22. The third-order valence-corrected chi connectivity index (χ3v) is 2.60. The smallest absolute Gasteiger partial charge is 0.261 e. The Labute approximate surface area is 110 Å². The first-order valence-corrected chi connectivity index (χ1v) is 5.92. The predicted molar refractivity (Wildman–Crippen MR) is 70.4 cm³/mol.